The predicted molar refractivity (Wildman–Crippen MR) is 112 cm³/mol. The van der Waals surface area contributed by atoms with Gasteiger partial charge in [-0.3, -0.25) is 0 Å². The Bertz CT molecular complexity index is 1210. The van der Waals surface area contributed by atoms with Gasteiger partial charge >= 0.3 is 18.2 Å². The number of ether oxygens (including phenoxy) is 1. The molecule has 0 saturated heterocycles. The van der Waals surface area contributed by atoms with Crippen molar-refractivity contribution < 1.29 is 27.5 Å². The second-order valence-corrected chi connectivity index (χ2v) is 7.12. The number of carbonyl (C=O) groups is 1. The molecule has 0 aliphatic heterocycles. The predicted octanol–water partition coefficient (Wildman–Crippen LogP) is 5.67. The van der Waals surface area contributed by atoms with Crippen LogP contribution in [-0.4, -0.2) is 27.1 Å². The van der Waals surface area contributed by atoms with Gasteiger partial charge in [0.05, 0.1) is 21.7 Å². The summed E-state index contributed by atoms with van der Waals surface area (Å²) in [6.07, 6.45) is -5.26. The minimum absolute atomic E-state index is 0.00692. The monoisotopic (exact) mass is 518 g/mol. The smallest absolute Gasteiger partial charge is 0.421 e. The first-order valence-electron chi connectivity index (χ1n) is 8.45. The average Bonchev–Trinajstić information content (AvgIpc) is 2.74. The van der Waals surface area contributed by atoms with Crippen LogP contribution >= 0.6 is 34.8 Å². The van der Waals surface area contributed by atoms with Gasteiger partial charge in [0, 0.05) is 10.7 Å². The van der Waals surface area contributed by atoms with E-state index in [0.717, 1.165) is 0 Å². The second-order valence-electron chi connectivity index (χ2n) is 5.87. The van der Waals surface area contributed by atoms with E-state index in [2.05, 4.69) is 25.1 Å². The Balaban J connectivity index is 1.92. The van der Waals surface area contributed by atoms with E-state index in [1.807, 2.05) is 6.07 Å². The highest BCUT2D eigenvalue weighted by Crippen LogP contribution is 2.38. The first-order chi connectivity index (χ1) is 15.5. The molecule has 0 atom stereocenters. The summed E-state index contributed by atoms with van der Waals surface area (Å²) < 4.78 is 42.7. The molecule has 0 bridgehead atoms. The zero-order valence-electron chi connectivity index (χ0n) is 15.7. The van der Waals surface area contributed by atoms with Crippen molar-refractivity contribution in [2.45, 2.75) is 6.18 Å². The zero-order valence-corrected chi connectivity index (χ0v) is 18.0. The van der Waals surface area contributed by atoms with Gasteiger partial charge in [-0.15, -0.1) is 0 Å². The molecule has 33 heavy (non-hydrogen) atoms. The molecule has 15 heteroatoms. The van der Waals surface area contributed by atoms with E-state index in [9.17, 15) is 18.0 Å². The number of nitrogens with one attached hydrogen (secondary N) is 2. The fraction of sp³-hybridized carbons (Fsp3) is 0.0556. The Labute approximate surface area is 198 Å². The van der Waals surface area contributed by atoms with Crippen molar-refractivity contribution in [3.8, 4) is 17.8 Å². The lowest BCUT2D eigenvalue weighted by atomic mass is 10.2. The van der Waals surface area contributed by atoms with E-state index in [1.54, 1.807) is 5.48 Å². The molecule has 0 radical (unpaired) electrons. The highest BCUT2D eigenvalue weighted by atomic mass is 35.5. The molecule has 0 unspecified atom stereocenters. The number of rotatable bonds is 6. The Kier molecular flexibility index (Phi) is 7.27. The van der Waals surface area contributed by atoms with Crippen LogP contribution in [0.2, 0.25) is 15.1 Å². The summed E-state index contributed by atoms with van der Waals surface area (Å²) >= 11 is 18.0. The molecule has 0 fully saturated rings. The van der Waals surface area contributed by atoms with E-state index in [0.29, 0.717) is 11.3 Å². The molecule has 2 N–H and O–H groups in total. The van der Waals surface area contributed by atoms with Crippen LogP contribution in [0.4, 0.5) is 30.8 Å². The van der Waals surface area contributed by atoms with Crippen LogP contribution in [0, 0.1) is 11.3 Å². The summed E-state index contributed by atoms with van der Waals surface area (Å²) in [4.78, 5) is 26.4. The van der Waals surface area contributed by atoms with Crippen LogP contribution in [0.1, 0.15) is 5.56 Å². The molecule has 3 rings (SSSR count). The lowest BCUT2D eigenvalue weighted by Gasteiger charge is -2.12. The van der Waals surface area contributed by atoms with Gasteiger partial charge in [-0.2, -0.15) is 38.9 Å². The number of carbonyl (C=O) groups excluding carboxylic acids is 1. The van der Waals surface area contributed by atoms with Crippen LogP contribution < -0.4 is 15.5 Å². The van der Waals surface area contributed by atoms with Crippen molar-refractivity contribution in [3.05, 3.63) is 57.0 Å². The SMILES string of the molecule is N#Cc1ccc(Nc2nc(NOC(=O)C(F)(F)F)nc(Oc3c(Cl)cc(Cl)cc3Cl)n2)cc1. The van der Waals surface area contributed by atoms with Gasteiger partial charge in [0.15, 0.2) is 5.75 Å². The van der Waals surface area contributed by atoms with E-state index in [4.69, 9.17) is 44.8 Å². The molecular formula is C18H8Cl3F3N6O3. The highest BCUT2D eigenvalue weighted by Gasteiger charge is 2.41. The maximum absolute atomic E-state index is 12.4. The molecule has 0 aliphatic rings. The molecule has 0 saturated carbocycles. The van der Waals surface area contributed by atoms with Gasteiger partial charge in [-0.1, -0.05) is 34.8 Å². The lowest BCUT2D eigenvalue weighted by molar-refractivity contribution is -0.196. The quantitative estimate of drug-likeness (QED) is 0.396. The number of nitriles is 1. The topological polar surface area (TPSA) is 122 Å². The number of benzene rings is 2. The summed E-state index contributed by atoms with van der Waals surface area (Å²) in [7, 11) is 0. The minimum Gasteiger partial charge on any atom is -0.421 e. The van der Waals surface area contributed by atoms with Gasteiger partial charge in [0.25, 0.3) is 5.95 Å². The van der Waals surface area contributed by atoms with Crippen molar-refractivity contribution in [2.75, 3.05) is 10.8 Å². The third-order valence-electron chi connectivity index (χ3n) is 3.51. The summed E-state index contributed by atoms with van der Waals surface area (Å²) in [6.45, 7) is 0. The van der Waals surface area contributed by atoms with E-state index >= 15 is 0 Å². The van der Waals surface area contributed by atoms with Crippen LogP contribution in [0.5, 0.6) is 11.8 Å². The van der Waals surface area contributed by atoms with Crippen molar-refractivity contribution in [1.82, 2.24) is 15.0 Å². The highest BCUT2D eigenvalue weighted by molar-refractivity contribution is 6.40. The standard InChI is InChI=1S/C18H8Cl3F3N6O3/c19-9-5-11(20)13(12(21)6-9)32-17-28-15(26-10-3-1-8(7-25)2-4-10)27-16(29-17)30-33-14(31)18(22,23)24/h1-6H,(H2,26,27,28,29,30). The molecule has 0 spiro atoms. The van der Waals surface area contributed by atoms with Crippen LogP contribution in [0.3, 0.4) is 0 Å². The van der Waals surface area contributed by atoms with Gasteiger partial charge in [-0.05, 0) is 36.4 Å². The first-order valence-corrected chi connectivity index (χ1v) is 9.58. The lowest BCUT2D eigenvalue weighted by Crippen LogP contribution is -2.28. The molecule has 9 nitrogen and oxygen atoms in total. The third kappa shape index (κ3) is 6.48. The van der Waals surface area contributed by atoms with Gasteiger partial charge < -0.3 is 14.9 Å². The van der Waals surface area contributed by atoms with E-state index in [1.165, 1.54) is 36.4 Å². The molecule has 3 aromatic rings. The fourth-order valence-corrected chi connectivity index (χ4v) is 3.02. The maximum atomic E-state index is 12.4. The molecule has 0 aliphatic carbocycles. The van der Waals surface area contributed by atoms with Crippen LogP contribution in [-0.2, 0) is 9.63 Å². The summed E-state index contributed by atoms with van der Waals surface area (Å²) in [5, 5.41) is 11.8. The molecule has 170 valence electrons. The molecule has 1 heterocycles. The van der Waals surface area contributed by atoms with Gasteiger partial charge in [0.1, 0.15) is 0 Å². The van der Waals surface area contributed by atoms with E-state index in [-0.39, 0.29) is 26.8 Å². The van der Waals surface area contributed by atoms with Crippen molar-refractivity contribution in [1.29, 1.82) is 5.26 Å². The number of hydrogen-bond donors (Lipinski definition) is 2. The number of aromatic nitrogens is 3. The van der Waals surface area contributed by atoms with Crippen molar-refractivity contribution in [2.24, 2.45) is 0 Å². The molecular weight excluding hydrogens is 512 g/mol. The normalized spacial score (nSPS) is 10.8. The van der Waals surface area contributed by atoms with Crippen LogP contribution in [0.25, 0.3) is 0 Å². The summed E-state index contributed by atoms with van der Waals surface area (Å²) in [5.74, 6) is -3.47. The number of hydrogen-bond acceptors (Lipinski definition) is 9. The molecule has 1 aromatic heterocycles. The second kappa shape index (κ2) is 9.95. The van der Waals surface area contributed by atoms with Crippen molar-refractivity contribution in [3.63, 3.8) is 0 Å². The fourth-order valence-electron chi connectivity index (χ4n) is 2.13. The van der Waals surface area contributed by atoms with Gasteiger partial charge in [0.2, 0.25) is 5.95 Å². The summed E-state index contributed by atoms with van der Waals surface area (Å²) in [5.41, 5.74) is 2.47. The largest absolute Gasteiger partial charge is 0.493 e. The summed E-state index contributed by atoms with van der Waals surface area (Å²) in [6, 6.07) is 10.2. The number of halogens is 6. The molecule has 0 amide bonds. The Morgan fingerprint density at radius 2 is 1.61 bits per heavy atom. The number of nitrogens with zero attached hydrogens (tertiary/aromatic N) is 4. The number of anilines is 3. The Hall–Kier alpha value is -3.53. The maximum Gasteiger partial charge on any atom is 0.493 e. The average molecular weight is 520 g/mol. The Morgan fingerprint density at radius 1 is 1.00 bits per heavy atom. The van der Waals surface area contributed by atoms with Crippen LogP contribution in [0.15, 0.2) is 36.4 Å². The number of alkyl halides is 3. The zero-order chi connectivity index (χ0) is 24.2. The first kappa shape index (κ1) is 24.1. The third-order valence-corrected chi connectivity index (χ3v) is 4.29. The van der Waals surface area contributed by atoms with E-state index < -0.39 is 24.1 Å². The Morgan fingerprint density at radius 3 is 2.18 bits per heavy atom. The van der Waals surface area contributed by atoms with Gasteiger partial charge in [-0.25, -0.2) is 4.79 Å². The molecule has 2 aromatic carbocycles. The minimum atomic E-state index is -5.26. The van der Waals surface area contributed by atoms with Crippen molar-refractivity contribution >= 4 is 58.4 Å².